The molecule has 0 aliphatic carbocycles. The van der Waals surface area contributed by atoms with E-state index < -0.39 is 24.1 Å². The van der Waals surface area contributed by atoms with E-state index in [4.69, 9.17) is 26.1 Å². The highest BCUT2D eigenvalue weighted by Crippen LogP contribution is 2.39. The van der Waals surface area contributed by atoms with Crippen LogP contribution >= 0.6 is 34.3 Å². The van der Waals surface area contributed by atoms with Gasteiger partial charge in [0.05, 0.1) is 66.9 Å². The van der Waals surface area contributed by atoms with Gasteiger partial charge in [-0.3, -0.25) is 28.6 Å². The van der Waals surface area contributed by atoms with Gasteiger partial charge >= 0.3 is 6.36 Å². The number of aliphatic imine (C=N–C) groups is 1. The smallest absolute Gasteiger partial charge is 0.405 e. The summed E-state index contributed by atoms with van der Waals surface area (Å²) in [5.41, 5.74) is 4.47. The van der Waals surface area contributed by atoms with E-state index in [-0.39, 0.29) is 76.4 Å². The molecule has 0 bridgehead atoms. The Balaban J connectivity index is 0.829. The first-order chi connectivity index (χ1) is 30.8. The molecule has 64 heavy (non-hydrogen) atoms. The van der Waals surface area contributed by atoms with Gasteiger partial charge in [0.2, 0.25) is 11.8 Å². The zero-order valence-corrected chi connectivity index (χ0v) is 37.2. The minimum absolute atomic E-state index is 0.0504. The van der Waals surface area contributed by atoms with Gasteiger partial charge < -0.3 is 30.2 Å². The van der Waals surface area contributed by atoms with Crippen LogP contribution in [-0.2, 0) is 32.2 Å². The predicted molar refractivity (Wildman–Crippen MR) is 235 cm³/mol. The summed E-state index contributed by atoms with van der Waals surface area (Å²) in [7, 11) is 0. The normalized spacial score (nSPS) is 13.4. The van der Waals surface area contributed by atoms with Crippen molar-refractivity contribution in [1.82, 2.24) is 40.5 Å². The van der Waals surface area contributed by atoms with E-state index in [0.29, 0.717) is 28.1 Å². The van der Waals surface area contributed by atoms with Gasteiger partial charge in [-0.1, -0.05) is 41.9 Å². The Morgan fingerprint density at radius 2 is 1.59 bits per heavy atom. The van der Waals surface area contributed by atoms with E-state index in [9.17, 15) is 27.6 Å². The molecule has 1 aliphatic rings. The second-order valence-electron chi connectivity index (χ2n) is 14.4. The average molecular weight is 938 g/mol. The Morgan fingerprint density at radius 3 is 2.30 bits per heavy atom. The van der Waals surface area contributed by atoms with Crippen LogP contribution in [0.15, 0.2) is 77.1 Å². The number of hydrogen-bond donors (Lipinski definition) is 3. The van der Waals surface area contributed by atoms with Gasteiger partial charge in [0.25, 0.3) is 5.91 Å². The molecule has 1 atom stereocenters. The molecule has 21 heteroatoms. The summed E-state index contributed by atoms with van der Waals surface area (Å²) in [5, 5.41) is 25.0. The Labute approximate surface area is 378 Å². The lowest BCUT2D eigenvalue weighted by atomic mass is 9.99. The van der Waals surface area contributed by atoms with E-state index in [1.165, 1.54) is 34.2 Å². The number of carbonyl (C=O) groups excluding carboxylic acids is 3. The topological polar surface area (TPSA) is 176 Å². The number of para-hydroxylation sites is 1. The van der Waals surface area contributed by atoms with Crippen LogP contribution in [-0.4, -0.2) is 93.9 Å². The van der Waals surface area contributed by atoms with Gasteiger partial charge in [-0.05, 0) is 68.1 Å². The highest BCUT2D eigenvalue weighted by molar-refractivity contribution is 7.15. The molecule has 0 radical (unpaired) electrons. The summed E-state index contributed by atoms with van der Waals surface area (Å²) in [5.74, 6) is -0.663. The first-order valence-electron chi connectivity index (χ1n) is 20.0. The van der Waals surface area contributed by atoms with Gasteiger partial charge in [0.1, 0.15) is 29.2 Å². The minimum Gasteiger partial charge on any atom is -0.405 e. The number of aromatic nitrogens is 5. The molecular formula is C43H43ClF3N9O6S2. The molecule has 0 saturated heterocycles. The summed E-state index contributed by atoms with van der Waals surface area (Å²) < 4.78 is 57.4. The van der Waals surface area contributed by atoms with Crippen LogP contribution in [0.2, 0.25) is 5.02 Å². The van der Waals surface area contributed by atoms with Gasteiger partial charge in [0.15, 0.2) is 5.82 Å². The second kappa shape index (κ2) is 20.7. The number of nitrogens with zero attached hydrogens (tertiary/aromatic N) is 6. The molecule has 3 N–H and O–H groups in total. The lowest BCUT2D eigenvalue weighted by molar-refractivity contribution is -0.274. The number of carbonyl (C=O) groups is 3. The van der Waals surface area contributed by atoms with Crippen molar-refractivity contribution in [1.29, 1.82) is 0 Å². The van der Waals surface area contributed by atoms with Gasteiger partial charge in [-0.2, -0.15) is 5.10 Å². The Morgan fingerprint density at radius 1 is 0.875 bits per heavy atom. The molecule has 7 rings (SSSR count). The minimum atomic E-state index is -4.96. The van der Waals surface area contributed by atoms with Crippen LogP contribution < -0.4 is 20.7 Å². The molecule has 1 unspecified atom stereocenters. The molecular weight excluding hydrogens is 895 g/mol. The SMILES string of the molecule is Cc1sc2c(c1C)C(c1ccc(Cl)cc1)=NC(CC(=O)NCCOCCOCCNC(=O)Cn1nc(CNC(=O)c3ccccc3OC(F)(F)F)cc1-c1cccs1)c1nnc(C)n1-2. The summed E-state index contributed by atoms with van der Waals surface area (Å²) in [6, 6.07) is 17.3. The maximum Gasteiger partial charge on any atom is 0.573 e. The van der Waals surface area contributed by atoms with Crippen LogP contribution in [0.4, 0.5) is 13.2 Å². The van der Waals surface area contributed by atoms with E-state index in [1.54, 1.807) is 17.4 Å². The van der Waals surface area contributed by atoms with Crippen molar-refractivity contribution >= 4 is 57.7 Å². The lowest BCUT2D eigenvalue weighted by Crippen LogP contribution is -2.31. The maximum atomic E-state index is 13.2. The third-order valence-electron chi connectivity index (χ3n) is 9.93. The summed E-state index contributed by atoms with van der Waals surface area (Å²) in [6.45, 7) is 7.27. The molecule has 0 spiro atoms. The van der Waals surface area contributed by atoms with Gasteiger partial charge in [-0.25, -0.2) is 0 Å². The van der Waals surface area contributed by atoms with E-state index in [0.717, 1.165) is 43.2 Å². The third kappa shape index (κ3) is 11.4. The van der Waals surface area contributed by atoms with E-state index in [2.05, 4.69) is 49.8 Å². The fourth-order valence-corrected chi connectivity index (χ4v) is 8.94. The van der Waals surface area contributed by atoms with E-state index >= 15 is 0 Å². The fourth-order valence-electron chi connectivity index (χ4n) is 6.85. The molecule has 3 amide bonds. The number of nitrogens with one attached hydrogen (secondary N) is 3. The van der Waals surface area contributed by atoms with Crippen molar-refractivity contribution in [2.45, 2.75) is 52.7 Å². The van der Waals surface area contributed by atoms with Crippen molar-refractivity contribution in [3.05, 3.63) is 122 Å². The molecule has 336 valence electrons. The molecule has 5 heterocycles. The average Bonchev–Trinajstić information content (AvgIpc) is 4.05. The first kappa shape index (κ1) is 46.1. The number of rotatable bonds is 19. The Hall–Kier alpha value is -5.93. The number of aryl methyl sites for hydroxylation is 2. The second-order valence-corrected chi connectivity index (χ2v) is 17.0. The highest BCUT2D eigenvalue weighted by atomic mass is 35.5. The number of benzene rings is 2. The zero-order chi connectivity index (χ0) is 45.4. The van der Waals surface area contributed by atoms with Crippen LogP contribution in [0.1, 0.15) is 61.7 Å². The molecule has 0 fully saturated rings. The first-order valence-corrected chi connectivity index (χ1v) is 22.1. The number of amides is 3. The molecule has 4 aromatic heterocycles. The Bertz CT molecular complexity index is 2630. The van der Waals surface area contributed by atoms with Gasteiger partial charge in [-0.15, -0.1) is 46.0 Å². The highest BCUT2D eigenvalue weighted by Gasteiger charge is 2.34. The standard InChI is InChI=1S/C43H43ClF3N9O6S2/c1-25-26(2)64-42-38(25)39(28-10-12-29(44)13-11-28)51-32(40-53-52-27(3)56(40)42)22-36(57)48-14-16-60-18-19-61-17-15-49-37(58)24-55-33(35-9-6-20-63-35)21-30(54-55)23-50-41(59)31-7-4-5-8-34(31)62-43(45,46)47/h4-13,20-21,32H,14-19,22-24H2,1-3H3,(H,48,57)(H,49,58)(H,50,59). The summed E-state index contributed by atoms with van der Waals surface area (Å²) in [6.07, 6.45) is -4.91. The van der Waals surface area contributed by atoms with Crippen molar-refractivity contribution < 1.29 is 41.8 Å². The zero-order valence-electron chi connectivity index (χ0n) is 34.8. The monoisotopic (exact) mass is 937 g/mol. The van der Waals surface area contributed by atoms with Crippen molar-refractivity contribution in [3.63, 3.8) is 0 Å². The third-order valence-corrected chi connectivity index (χ3v) is 12.3. The number of ether oxygens (including phenoxy) is 3. The molecule has 1 aliphatic heterocycles. The maximum absolute atomic E-state index is 13.2. The number of alkyl halides is 3. The predicted octanol–water partition coefficient (Wildman–Crippen LogP) is 6.91. The van der Waals surface area contributed by atoms with Crippen LogP contribution in [0.3, 0.4) is 0 Å². The molecule has 2 aromatic carbocycles. The molecule has 0 saturated carbocycles. The number of halogens is 4. The molecule has 15 nitrogen and oxygen atoms in total. The van der Waals surface area contributed by atoms with Crippen LogP contribution in [0.5, 0.6) is 5.75 Å². The Kier molecular flexibility index (Phi) is 14.9. The number of hydrogen-bond acceptors (Lipinski definition) is 12. The van der Waals surface area contributed by atoms with E-state index in [1.807, 2.05) is 53.3 Å². The number of thiophene rings is 2. The number of fused-ring (bicyclic) bond motifs is 3. The fraction of sp³-hybridized carbons (Fsp3) is 0.326. The van der Waals surface area contributed by atoms with Crippen molar-refractivity contribution in [2.75, 3.05) is 39.5 Å². The summed E-state index contributed by atoms with van der Waals surface area (Å²) in [4.78, 5) is 46.0. The lowest BCUT2D eigenvalue weighted by Gasteiger charge is -2.13. The van der Waals surface area contributed by atoms with Crippen molar-refractivity contribution in [2.24, 2.45) is 4.99 Å². The quantitative estimate of drug-likeness (QED) is 0.0729. The van der Waals surface area contributed by atoms with Crippen LogP contribution in [0.25, 0.3) is 15.6 Å². The van der Waals surface area contributed by atoms with Crippen molar-refractivity contribution in [3.8, 4) is 21.3 Å². The molecule has 6 aromatic rings. The summed E-state index contributed by atoms with van der Waals surface area (Å²) >= 11 is 9.29. The van der Waals surface area contributed by atoms with Gasteiger partial charge in [0, 0.05) is 34.1 Å². The van der Waals surface area contributed by atoms with Crippen LogP contribution in [0, 0.1) is 20.8 Å². The largest absolute Gasteiger partial charge is 0.573 e.